The lowest BCUT2D eigenvalue weighted by Gasteiger charge is -2.30. The molecule has 1 fully saturated rings. The summed E-state index contributed by atoms with van der Waals surface area (Å²) >= 11 is 3.43. The second-order valence-electron chi connectivity index (χ2n) is 9.15. The fourth-order valence-corrected chi connectivity index (χ4v) is 5.08. The Bertz CT molecular complexity index is 1400. The second-order valence-corrected chi connectivity index (χ2v) is 10.0. The first kappa shape index (κ1) is 29.0. The average molecular weight is 614 g/mol. The van der Waals surface area contributed by atoms with E-state index in [9.17, 15) is 14.4 Å². The number of nitrogens with two attached hydrogens (primary N) is 1. The Morgan fingerprint density at radius 1 is 1.05 bits per heavy atom. The molecule has 2 N–H and O–H groups in total. The summed E-state index contributed by atoms with van der Waals surface area (Å²) in [6.07, 6.45) is 0.348. The minimum absolute atomic E-state index is 0.0448. The van der Waals surface area contributed by atoms with Crippen molar-refractivity contribution in [3.8, 4) is 11.5 Å². The summed E-state index contributed by atoms with van der Waals surface area (Å²) in [6.45, 7) is 0.214. The van der Waals surface area contributed by atoms with Crippen LogP contribution in [0, 0.1) is 0 Å². The Morgan fingerprint density at radius 3 is 2.42 bits per heavy atom. The zero-order valence-corrected chi connectivity index (χ0v) is 23.6. The predicted octanol–water partition coefficient (Wildman–Crippen LogP) is 5.37. The maximum absolute atomic E-state index is 16.1. The molecule has 0 spiro atoms. The highest BCUT2D eigenvalue weighted by molar-refractivity contribution is 9.10. The van der Waals surface area contributed by atoms with Crippen LogP contribution in [0.4, 0.5) is 20.6 Å². The molecule has 1 aliphatic rings. The van der Waals surface area contributed by atoms with Crippen molar-refractivity contribution in [3.63, 3.8) is 0 Å². The molecular weight excluding hydrogens is 585 g/mol. The predicted molar refractivity (Wildman–Crippen MR) is 151 cm³/mol. The zero-order valence-electron chi connectivity index (χ0n) is 22.1. The fraction of sp³-hybridized carbons (Fsp3) is 0.276. The largest absolute Gasteiger partial charge is 0.495 e. The highest BCUT2D eigenvalue weighted by Crippen LogP contribution is 2.39. The summed E-state index contributed by atoms with van der Waals surface area (Å²) in [5.41, 5.74) is 7.47. The minimum Gasteiger partial charge on any atom is -0.495 e. The van der Waals surface area contributed by atoms with Gasteiger partial charge in [0.05, 0.1) is 31.2 Å². The van der Waals surface area contributed by atoms with E-state index in [-0.39, 0.29) is 19.6 Å². The third-order valence-electron chi connectivity index (χ3n) is 6.69. The molecule has 1 unspecified atom stereocenters. The van der Waals surface area contributed by atoms with E-state index in [1.165, 1.54) is 24.0 Å². The number of alkyl halides is 1. The van der Waals surface area contributed by atoms with Crippen LogP contribution in [0.5, 0.6) is 11.5 Å². The van der Waals surface area contributed by atoms with E-state index >= 15 is 4.39 Å². The number of primary amides is 1. The summed E-state index contributed by atoms with van der Waals surface area (Å²) in [4.78, 5) is 39.9. The number of amides is 2. The number of halogens is 2. The summed E-state index contributed by atoms with van der Waals surface area (Å²) in [6, 6.07) is 17.5. The van der Waals surface area contributed by atoms with Gasteiger partial charge in [0.1, 0.15) is 18.2 Å². The van der Waals surface area contributed by atoms with Gasteiger partial charge in [-0.15, -0.1) is 0 Å². The maximum Gasteiger partial charge on any atom is 0.337 e. The molecular formula is C29H29BrFN3O6. The van der Waals surface area contributed by atoms with Gasteiger partial charge in [-0.1, -0.05) is 18.2 Å². The number of carbonyl (C=O) groups is 3. The maximum atomic E-state index is 16.1. The van der Waals surface area contributed by atoms with Crippen molar-refractivity contribution in [3.05, 3.63) is 82.3 Å². The van der Waals surface area contributed by atoms with Crippen LogP contribution in [0.1, 0.15) is 28.8 Å². The molecule has 0 aliphatic carbocycles. The Labute approximate surface area is 239 Å². The molecule has 3 aromatic carbocycles. The van der Waals surface area contributed by atoms with Crippen LogP contribution in [0.25, 0.3) is 0 Å². The Morgan fingerprint density at radius 2 is 1.77 bits per heavy atom. The van der Waals surface area contributed by atoms with Gasteiger partial charge in [-0.2, -0.15) is 0 Å². The van der Waals surface area contributed by atoms with E-state index in [2.05, 4.69) is 20.7 Å². The Balaban J connectivity index is 1.48. The van der Waals surface area contributed by atoms with Gasteiger partial charge in [0.2, 0.25) is 5.79 Å². The third-order valence-corrected chi connectivity index (χ3v) is 7.36. The van der Waals surface area contributed by atoms with E-state index < -0.39 is 23.6 Å². The number of rotatable bonds is 10. The van der Waals surface area contributed by atoms with Crippen LogP contribution in [-0.4, -0.2) is 56.0 Å². The van der Waals surface area contributed by atoms with Gasteiger partial charge < -0.3 is 19.9 Å². The summed E-state index contributed by atoms with van der Waals surface area (Å²) in [5, 5.41) is 0. The van der Waals surface area contributed by atoms with Crippen LogP contribution in [0.2, 0.25) is 0 Å². The third kappa shape index (κ3) is 6.10. The van der Waals surface area contributed by atoms with Crippen molar-refractivity contribution in [2.75, 3.05) is 32.4 Å². The van der Waals surface area contributed by atoms with Crippen LogP contribution in [0.15, 0.2) is 71.2 Å². The SMILES string of the molecule is COC(=O)c1ccc(OCN2CCCC2(F)C(=O)Cc2ccc(N(C(N)=O)c3ccccc3Br)c(OC)c2)cc1. The number of urea groups is 1. The van der Waals surface area contributed by atoms with Gasteiger partial charge in [-0.05, 0) is 76.4 Å². The summed E-state index contributed by atoms with van der Waals surface area (Å²) in [5.74, 6) is -2.55. The standard InChI is InChI=1S/C29H29BrFN3O6/c1-38-25-16-19(8-13-24(25)34(28(32)37)23-7-4-3-6-22(23)30)17-26(35)29(31)14-5-15-33(29)18-40-21-11-9-20(10-12-21)27(36)39-2/h3-4,6-13,16H,5,14-15,17-18H2,1-2H3,(H2,32,37). The van der Waals surface area contributed by atoms with Gasteiger partial charge in [0.15, 0.2) is 5.78 Å². The molecule has 0 radical (unpaired) electrons. The van der Waals surface area contributed by atoms with E-state index in [1.807, 2.05) is 6.07 Å². The average Bonchev–Trinajstić information content (AvgIpc) is 3.34. The van der Waals surface area contributed by atoms with Gasteiger partial charge in [0.25, 0.3) is 0 Å². The quantitative estimate of drug-likeness (QED) is 0.242. The molecule has 0 aromatic heterocycles. The number of para-hydroxylation sites is 1. The lowest BCUT2D eigenvalue weighted by Crippen LogP contribution is -2.49. The number of ether oxygens (including phenoxy) is 3. The van der Waals surface area contributed by atoms with Gasteiger partial charge in [-0.25, -0.2) is 18.9 Å². The number of likely N-dealkylation sites (tertiary alicyclic amines) is 1. The molecule has 4 rings (SSSR count). The normalized spacial score (nSPS) is 16.8. The molecule has 2 amide bonds. The molecule has 11 heteroatoms. The van der Waals surface area contributed by atoms with Crippen LogP contribution >= 0.6 is 15.9 Å². The highest BCUT2D eigenvalue weighted by atomic mass is 79.9. The smallest absolute Gasteiger partial charge is 0.337 e. The van der Waals surface area contributed by atoms with Gasteiger partial charge >= 0.3 is 12.0 Å². The number of carbonyl (C=O) groups excluding carboxylic acids is 3. The number of ketones is 1. The van der Waals surface area contributed by atoms with Crippen LogP contribution in [-0.2, 0) is 16.0 Å². The van der Waals surface area contributed by atoms with Crippen molar-refractivity contribution in [2.45, 2.75) is 25.1 Å². The molecule has 3 aromatic rings. The zero-order chi connectivity index (χ0) is 28.9. The molecule has 1 saturated heterocycles. The number of esters is 1. The Kier molecular flexibility index (Phi) is 9.06. The second kappa shape index (κ2) is 12.5. The molecule has 1 atom stereocenters. The first-order chi connectivity index (χ1) is 19.2. The number of nitrogens with zero attached hydrogens (tertiary/aromatic N) is 2. The molecule has 40 heavy (non-hydrogen) atoms. The van der Waals surface area contributed by atoms with Crippen molar-refractivity contribution in [1.82, 2.24) is 4.90 Å². The Hall–Kier alpha value is -3.96. The van der Waals surface area contributed by atoms with Gasteiger partial charge in [-0.3, -0.25) is 9.69 Å². The summed E-state index contributed by atoms with van der Waals surface area (Å²) in [7, 11) is 2.73. The molecule has 1 heterocycles. The number of hydrogen-bond acceptors (Lipinski definition) is 7. The first-order valence-electron chi connectivity index (χ1n) is 12.5. The van der Waals surface area contributed by atoms with Crippen LogP contribution < -0.4 is 20.1 Å². The van der Waals surface area contributed by atoms with E-state index in [4.69, 9.17) is 15.2 Å². The first-order valence-corrected chi connectivity index (χ1v) is 13.3. The monoisotopic (exact) mass is 613 g/mol. The van der Waals surface area contributed by atoms with E-state index in [0.717, 1.165) is 0 Å². The molecule has 9 nitrogen and oxygen atoms in total. The van der Waals surface area contributed by atoms with Gasteiger partial charge in [0, 0.05) is 23.9 Å². The topological polar surface area (TPSA) is 111 Å². The van der Waals surface area contributed by atoms with Crippen LogP contribution in [0.3, 0.4) is 0 Å². The van der Waals surface area contributed by atoms with Crippen molar-refractivity contribution in [2.24, 2.45) is 5.73 Å². The lowest BCUT2D eigenvalue weighted by atomic mass is 9.99. The highest BCUT2D eigenvalue weighted by Gasteiger charge is 2.47. The van der Waals surface area contributed by atoms with E-state index in [1.54, 1.807) is 60.7 Å². The van der Waals surface area contributed by atoms with Crippen molar-refractivity contribution in [1.29, 1.82) is 0 Å². The van der Waals surface area contributed by atoms with E-state index in [0.29, 0.717) is 51.4 Å². The number of Topliss-reactive ketones (excluding diaryl/α,β-unsaturated/α-hetero) is 1. The summed E-state index contributed by atoms with van der Waals surface area (Å²) < 4.78 is 32.6. The number of hydrogen-bond donors (Lipinski definition) is 1. The number of methoxy groups -OCH3 is 2. The molecule has 0 saturated carbocycles. The van der Waals surface area contributed by atoms with Crippen molar-refractivity contribution < 1.29 is 33.0 Å². The number of benzene rings is 3. The minimum atomic E-state index is -2.20. The fourth-order valence-electron chi connectivity index (χ4n) is 4.62. The molecule has 210 valence electrons. The molecule has 0 bridgehead atoms. The van der Waals surface area contributed by atoms with Crippen molar-refractivity contribution >= 4 is 45.1 Å². The lowest BCUT2D eigenvalue weighted by molar-refractivity contribution is -0.144. The number of anilines is 2. The molecule has 1 aliphatic heterocycles.